The van der Waals surface area contributed by atoms with E-state index in [9.17, 15) is 4.39 Å². The van der Waals surface area contributed by atoms with E-state index in [0.717, 1.165) is 6.54 Å². The molecule has 0 radical (unpaired) electrons. The Labute approximate surface area is 105 Å². The number of hydrogen-bond acceptors (Lipinski definition) is 3. The smallest absolute Gasteiger partial charge is 0.166 e. The van der Waals surface area contributed by atoms with Crippen molar-refractivity contribution in [3.05, 3.63) is 30.3 Å². The van der Waals surface area contributed by atoms with Gasteiger partial charge in [-0.2, -0.15) is 0 Å². The van der Waals surface area contributed by atoms with Gasteiger partial charge in [0.15, 0.2) is 5.82 Å². The Morgan fingerprint density at radius 3 is 2.78 bits per heavy atom. The number of ether oxygens (including phenoxy) is 1. The number of halogens is 1. The molecule has 18 heavy (non-hydrogen) atoms. The number of rotatable bonds is 4. The second kappa shape index (κ2) is 5.16. The average molecular weight is 249 g/mol. The van der Waals surface area contributed by atoms with E-state index >= 15 is 0 Å². The second-order valence-electron chi connectivity index (χ2n) is 4.55. The molecule has 0 aliphatic rings. The highest BCUT2D eigenvalue weighted by Gasteiger charge is 2.13. The first-order valence-electron chi connectivity index (χ1n) is 5.83. The average Bonchev–Trinajstić information content (AvgIpc) is 2.76. The Morgan fingerprint density at radius 1 is 1.39 bits per heavy atom. The zero-order valence-corrected chi connectivity index (χ0v) is 10.7. The van der Waals surface area contributed by atoms with E-state index in [-0.39, 0.29) is 5.82 Å². The van der Waals surface area contributed by atoms with Crippen LogP contribution in [-0.2, 0) is 6.54 Å². The third kappa shape index (κ3) is 2.50. The predicted octanol–water partition coefficient (Wildman–Crippen LogP) is 2.75. The Balaban J connectivity index is 2.39. The summed E-state index contributed by atoms with van der Waals surface area (Å²) in [6, 6.07) is 4.73. The quantitative estimate of drug-likeness (QED) is 0.836. The minimum atomic E-state index is -0.354. The monoisotopic (exact) mass is 249 g/mol. The largest absolute Gasteiger partial charge is 0.497 e. The van der Waals surface area contributed by atoms with Crippen molar-refractivity contribution in [2.24, 2.45) is 5.92 Å². The van der Waals surface area contributed by atoms with Crippen LogP contribution in [-0.4, -0.2) is 21.9 Å². The standard InChI is InChI=1S/C13H16FN3O/c1-9(2)7-17-8-15-16-13(17)11-5-4-10(18-3)6-12(11)14/h4-6,8-9H,7H2,1-3H3. The van der Waals surface area contributed by atoms with E-state index in [1.165, 1.54) is 13.2 Å². The van der Waals surface area contributed by atoms with Gasteiger partial charge >= 0.3 is 0 Å². The molecule has 0 aliphatic heterocycles. The molecule has 0 saturated heterocycles. The van der Waals surface area contributed by atoms with E-state index in [2.05, 4.69) is 24.0 Å². The highest BCUT2D eigenvalue weighted by atomic mass is 19.1. The molecule has 0 fully saturated rings. The van der Waals surface area contributed by atoms with Crippen LogP contribution in [0.2, 0.25) is 0 Å². The van der Waals surface area contributed by atoms with Gasteiger partial charge in [-0.15, -0.1) is 10.2 Å². The summed E-state index contributed by atoms with van der Waals surface area (Å²) < 4.78 is 20.8. The van der Waals surface area contributed by atoms with Gasteiger partial charge in [-0.25, -0.2) is 4.39 Å². The van der Waals surface area contributed by atoms with Crippen molar-refractivity contribution in [3.8, 4) is 17.1 Å². The van der Waals surface area contributed by atoms with Crippen molar-refractivity contribution in [2.75, 3.05) is 7.11 Å². The van der Waals surface area contributed by atoms with Crippen molar-refractivity contribution < 1.29 is 9.13 Å². The van der Waals surface area contributed by atoms with Crippen molar-refractivity contribution >= 4 is 0 Å². The highest BCUT2D eigenvalue weighted by molar-refractivity contribution is 5.57. The molecule has 0 aliphatic carbocycles. The van der Waals surface area contributed by atoms with Crippen LogP contribution in [0.25, 0.3) is 11.4 Å². The zero-order chi connectivity index (χ0) is 13.1. The molecule has 2 rings (SSSR count). The molecule has 96 valence electrons. The first-order valence-corrected chi connectivity index (χ1v) is 5.83. The SMILES string of the molecule is COc1ccc(-c2nncn2CC(C)C)c(F)c1. The zero-order valence-electron chi connectivity index (χ0n) is 10.7. The maximum atomic E-state index is 14.0. The number of nitrogens with zero attached hydrogens (tertiary/aromatic N) is 3. The fourth-order valence-corrected chi connectivity index (χ4v) is 1.79. The van der Waals surface area contributed by atoms with Gasteiger partial charge in [0.05, 0.1) is 12.7 Å². The Morgan fingerprint density at radius 2 is 2.17 bits per heavy atom. The maximum Gasteiger partial charge on any atom is 0.166 e. The number of hydrogen-bond donors (Lipinski definition) is 0. The highest BCUT2D eigenvalue weighted by Crippen LogP contribution is 2.24. The fraction of sp³-hybridized carbons (Fsp3) is 0.385. The summed E-state index contributed by atoms with van der Waals surface area (Å²) in [7, 11) is 1.51. The lowest BCUT2D eigenvalue weighted by Crippen LogP contribution is -2.05. The van der Waals surface area contributed by atoms with Gasteiger partial charge < -0.3 is 9.30 Å². The lowest BCUT2D eigenvalue weighted by Gasteiger charge is -2.10. The van der Waals surface area contributed by atoms with Crippen LogP contribution in [0.3, 0.4) is 0 Å². The van der Waals surface area contributed by atoms with Crippen LogP contribution >= 0.6 is 0 Å². The van der Waals surface area contributed by atoms with Crippen LogP contribution in [0.4, 0.5) is 4.39 Å². The number of methoxy groups -OCH3 is 1. The van der Waals surface area contributed by atoms with Gasteiger partial charge in [0.25, 0.3) is 0 Å². The van der Waals surface area contributed by atoms with E-state index in [1.54, 1.807) is 18.5 Å². The van der Waals surface area contributed by atoms with Crippen LogP contribution < -0.4 is 4.74 Å². The molecular formula is C13H16FN3O. The molecule has 4 nitrogen and oxygen atoms in total. The van der Waals surface area contributed by atoms with E-state index in [4.69, 9.17) is 4.74 Å². The second-order valence-corrected chi connectivity index (χ2v) is 4.55. The molecule has 0 saturated carbocycles. The first-order chi connectivity index (χ1) is 8.61. The van der Waals surface area contributed by atoms with E-state index in [1.807, 2.05) is 4.57 Å². The van der Waals surface area contributed by atoms with Gasteiger partial charge in [0, 0.05) is 12.6 Å². The molecule has 0 bridgehead atoms. The lowest BCUT2D eigenvalue weighted by molar-refractivity contribution is 0.411. The van der Waals surface area contributed by atoms with Gasteiger partial charge in [0.2, 0.25) is 0 Å². The Bertz CT molecular complexity index is 537. The molecule has 1 aromatic carbocycles. The van der Waals surface area contributed by atoms with Crippen molar-refractivity contribution in [1.82, 2.24) is 14.8 Å². The summed E-state index contributed by atoms with van der Waals surface area (Å²) in [5, 5.41) is 7.84. The lowest BCUT2D eigenvalue weighted by atomic mass is 10.1. The van der Waals surface area contributed by atoms with Crippen molar-refractivity contribution in [2.45, 2.75) is 20.4 Å². The first kappa shape index (κ1) is 12.5. The maximum absolute atomic E-state index is 14.0. The fourth-order valence-electron chi connectivity index (χ4n) is 1.79. The van der Waals surface area contributed by atoms with Crippen LogP contribution in [0.15, 0.2) is 24.5 Å². The summed E-state index contributed by atoms with van der Waals surface area (Å²) in [6.07, 6.45) is 1.62. The topological polar surface area (TPSA) is 39.9 Å². The summed E-state index contributed by atoms with van der Waals surface area (Å²) in [6.45, 7) is 4.94. The molecule has 0 spiro atoms. The van der Waals surface area contributed by atoms with Gasteiger partial charge in [-0.3, -0.25) is 0 Å². The number of benzene rings is 1. The predicted molar refractivity (Wildman–Crippen MR) is 66.8 cm³/mol. The summed E-state index contributed by atoms with van der Waals surface area (Å²) in [5.41, 5.74) is 0.439. The molecule has 0 amide bonds. The number of aromatic nitrogens is 3. The van der Waals surface area contributed by atoms with Gasteiger partial charge in [0.1, 0.15) is 17.9 Å². The van der Waals surface area contributed by atoms with E-state index < -0.39 is 0 Å². The molecule has 0 N–H and O–H groups in total. The van der Waals surface area contributed by atoms with E-state index in [0.29, 0.717) is 23.1 Å². The third-order valence-corrected chi connectivity index (χ3v) is 2.59. The Hall–Kier alpha value is -1.91. The van der Waals surface area contributed by atoms with Crippen molar-refractivity contribution in [1.29, 1.82) is 0 Å². The molecule has 1 aromatic heterocycles. The molecule has 0 atom stereocenters. The summed E-state index contributed by atoms with van der Waals surface area (Å²) >= 11 is 0. The third-order valence-electron chi connectivity index (χ3n) is 2.59. The summed E-state index contributed by atoms with van der Waals surface area (Å²) in [5.74, 6) is 1.13. The van der Waals surface area contributed by atoms with Crippen LogP contribution in [0.5, 0.6) is 5.75 Å². The molecule has 1 heterocycles. The minimum absolute atomic E-state index is 0.354. The van der Waals surface area contributed by atoms with Crippen LogP contribution in [0.1, 0.15) is 13.8 Å². The molecule has 0 unspecified atom stereocenters. The molecule has 2 aromatic rings. The summed E-state index contributed by atoms with van der Waals surface area (Å²) in [4.78, 5) is 0. The van der Waals surface area contributed by atoms with Gasteiger partial charge in [-0.1, -0.05) is 13.8 Å². The molecule has 5 heteroatoms. The van der Waals surface area contributed by atoms with Crippen molar-refractivity contribution in [3.63, 3.8) is 0 Å². The van der Waals surface area contributed by atoms with Crippen LogP contribution in [0, 0.1) is 11.7 Å². The Kier molecular flexibility index (Phi) is 3.60. The molecular weight excluding hydrogens is 233 g/mol. The normalized spacial score (nSPS) is 10.9. The van der Waals surface area contributed by atoms with Gasteiger partial charge in [-0.05, 0) is 18.1 Å². The minimum Gasteiger partial charge on any atom is -0.497 e.